The van der Waals surface area contributed by atoms with Gasteiger partial charge in [0.25, 0.3) is 0 Å². The molecule has 0 spiro atoms. The van der Waals surface area contributed by atoms with E-state index in [0.29, 0.717) is 22.5 Å². The molecular formula is C19H18O3. The van der Waals surface area contributed by atoms with E-state index >= 15 is 0 Å². The highest BCUT2D eigenvalue weighted by Crippen LogP contribution is 2.37. The van der Waals surface area contributed by atoms with E-state index in [9.17, 15) is 4.79 Å². The first kappa shape index (κ1) is 13.4. The normalized spacial score (nSPS) is 16.2. The topological polar surface area (TPSA) is 43.4 Å². The average molecular weight is 294 g/mol. The van der Waals surface area contributed by atoms with Gasteiger partial charge in [-0.1, -0.05) is 31.4 Å². The molecular weight excluding hydrogens is 276 g/mol. The Balaban J connectivity index is 2.00. The van der Waals surface area contributed by atoms with E-state index in [1.165, 1.54) is 19.3 Å². The van der Waals surface area contributed by atoms with Gasteiger partial charge in [0.2, 0.25) is 0 Å². The van der Waals surface area contributed by atoms with Crippen LogP contribution in [0.1, 0.15) is 43.6 Å². The standard InChI is InChI=1S/C19H18O3/c20-18-14-9-4-5-10-15(14)22-19(16-11-6-12-21-16)17(18)13-7-2-1-3-8-13/h4-6,9-13H,1-3,7-8H2. The van der Waals surface area contributed by atoms with E-state index < -0.39 is 0 Å². The van der Waals surface area contributed by atoms with E-state index in [1.54, 1.807) is 6.26 Å². The van der Waals surface area contributed by atoms with Gasteiger partial charge in [-0.15, -0.1) is 0 Å². The molecule has 0 amide bonds. The Morgan fingerprint density at radius 3 is 2.55 bits per heavy atom. The fourth-order valence-electron chi connectivity index (χ4n) is 3.51. The maximum atomic E-state index is 13.0. The van der Waals surface area contributed by atoms with E-state index in [0.717, 1.165) is 18.4 Å². The Kier molecular flexibility index (Phi) is 3.34. The summed E-state index contributed by atoms with van der Waals surface area (Å²) in [6, 6.07) is 11.1. The quantitative estimate of drug-likeness (QED) is 0.660. The van der Waals surface area contributed by atoms with Crippen LogP contribution in [0.3, 0.4) is 0 Å². The summed E-state index contributed by atoms with van der Waals surface area (Å²) in [5.41, 5.74) is 1.52. The summed E-state index contributed by atoms with van der Waals surface area (Å²) in [6.45, 7) is 0. The van der Waals surface area contributed by atoms with Crippen molar-refractivity contribution in [2.24, 2.45) is 0 Å². The Hall–Kier alpha value is -2.29. The zero-order valence-corrected chi connectivity index (χ0v) is 12.4. The van der Waals surface area contributed by atoms with Gasteiger partial charge in [0.05, 0.1) is 11.6 Å². The minimum Gasteiger partial charge on any atom is -0.461 e. The molecule has 1 aliphatic rings. The monoisotopic (exact) mass is 294 g/mol. The number of fused-ring (bicyclic) bond motifs is 1. The van der Waals surface area contributed by atoms with Crippen molar-refractivity contribution < 1.29 is 8.83 Å². The van der Waals surface area contributed by atoms with Crippen LogP contribution in [0.2, 0.25) is 0 Å². The van der Waals surface area contributed by atoms with Crippen molar-refractivity contribution in [3.8, 4) is 11.5 Å². The van der Waals surface area contributed by atoms with Gasteiger partial charge >= 0.3 is 0 Å². The number of furan rings is 1. The Labute approximate surface area is 128 Å². The largest absolute Gasteiger partial charge is 0.461 e. The van der Waals surface area contributed by atoms with Crippen molar-refractivity contribution in [2.75, 3.05) is 0 Å². The highest BCUT2D eigenvalue weighted by molar-refractivity contribution is 5.80. The maximum Gasteiger partial charge on any atom is 0.196 e. The average Bonchev–Trinajstić information content (AvgIpc) is 3.10. The molecule has 0 saturated heterocycles. The molecule has 3 nitrogen and oxygen atoms in total. The molecule has 2 aromatic heterocycles. The summed E-state index contributed by atoms with van der Waals surface area (Å²) in [4.78, 5) is 13.0. The molecule has 1 fully saturated rings. The summed E-state index contributed by atoms with van der Waals surface area (Å²) in [5.74, 6) is 1.53. The van der Waals surface area contributed by atoms with Gasteiger partial charge in [0.1, 0.15) is 5.58 Å². The first-order valence-electron chi connectivity index (χ1n) is 7.94. The van der Waals surface area contributed by atoms with Gasteiger partial charge in [-0.3, -0.25) is 4.79 Å². The number of benzene rings is 1. The molecule has 0 aliphatic heterocycles. The zero-order chi connectivity index (χ0) is 14.9. The highest BCUT2D eigenvalue weighted by Gasteiger charge is 2.26. The number of hydrogen-bond donors (Lipinski definition) is 0. The van der Waals surface area contributed by atoms with Crippen LogP contribution in [0, 0.1) is 0 Å². The summed E-state index contributed by atoms with van der Waals surface area (Å²) in [6.07, 6.45) is 7.33. The number of hydrogen-bond acceptors (Lipinski definition) is 3. The molecule has 0 radical (unpaired) electrons. The zero-order valence-electron chi connectivity index (χ0n) is 12.4. The minimum absolute atomic E-state index is 0.0974. The van der Waals surface area contributed by atoms with Crippen LogP contribution in [0.25, 0.3) is 22.5 Å². The van der Waals surface area contributed by atoms with E-state index in [-0.39, 0.29) is 11.3 Å². The molecule has 0 unspecified atom stereocenters. The van der Waals surface area contributed by atoms with Gasteiger partial charge in [-0.25, -0.2) is 0 Å². The van der Waals surface area contributed by atoms with Crippen LogP contribution >= 0.6 is 0 Å². The molecule has 22 heavy (non-hydrogen) atoms. The predicted molar refractivity (Wildman–Crippen MR) is 86.0 cm³/mol. The third-order valence-electron chi connectivity index (χ3n) is 4.59. The van der Waals surface area contributed by atoms with Gasteiger partial charge in [0.15, 0.2) is 16.9 Å². The van der Waals surface area contributed by atoms with Crippen molar-refractivity contribution in [3.63, 3.8) is 0 Å². The second kappa shape index (κ2) is 5.48. The van der Waals surface area contributed by atoms with Crippen molar-refractivity contribution in [1.29, 1.82) is 0 Å². The molecule has 1 aliphatic carbocycles. The second-order valence-electron chi connectivity index (χ2n) is 5.98. The molecule has 0 N–H and O–H groups in total. The number of para-hydroxylation sites is 1. The van der Waals surface area contributed by atoms with Crippen molar-refractivity contribution in [3.05, 3.63) is 58.4 Å². The fraction of sp³-hybridized carbons (Fsp3) is 0.316. The first-order valence-corrected chi connectivity index (χ1v) is 7.94. The van der Waals surface area contributed by atoms with Crippen LogP contribution in [-0.4, -0.2) is 0 Å². The van der Waals surface area contributed by atoms with E-state index in [1.807, 2.05) is 36.4 Å². The molecule has 1 saturated carbocycles. The van der Waals surface area contributed by atoms with Crippen LogP contribution < -0.4 is 5.43 Å². The number of rotatable bonds is 2. The van der Waals surface area contributed by atoms with Gasteiger partial charge in [-0.05, 0) is 43.0 Å². The molecule has 0 atom stereocenters. The minimum atomic E-state index is 0.0974. The third kappa shape index (κ3) is 2.17. The molecule has 112 valence electrons. The lowest BCUT2D eigenvalue weighted by Gasteiger charge is -2.22. The van der Waals surface area contributed by atoms with Crippen LogP contribution in [0.5, 0.6) is 0 Å². The Morgan fingerprint density at radius 2 is 1.77 bits per heavy atom. The Bertz CT molecular complexity index is 837. The third-order valence-corrected chi connectivity index (χ3v) is 4.59. The molecule has 3 heteroatoms. The Morgan fingerprint density at radius 1 is 0.955 bits per heavy atom. The molecule has 3 aromatic rings. The SMILES string of the molecule is O=c1c(C2CCCCC2)c(-c2ccco2)oc2ccccc12. The lowest BCUT2D eigenvalue weighted by molar-refractivity contribution is 0.432. The van der Waals surface area contributed by atoms with Gasteiger partial charge in [-0.2, -0.15) is 0 Å². The first-order chi connectivity index (χ1) is 10.8. The predicted octanol–water partition coefficient (Wildman–Crippen LogP) is 5.10. The van der Waals surface area contributed by atoms with Crippen LogP contribution in [0.4, 0.5) is 0 Å². The van der Waals surface area contributed by atoms with E-state index in [4.69, 9.17) is 8.83 Å². The molecule has 2 heterocycles. The summed E-state index contributed by atoms with van der Waals surface area (Å²) in [7, 11) is 0. The highest BCUT2D eigenvalue weighted by atomic mass is 16.4. The van der Waals surface area contributed by atoms with Crippen molar-refractivity contribution >= 4 is 11.0 Å². The van der Waals surface area contributed by atoms with E-state index in [2.05, 4.69) is 0 Å². The lowest BCUT2D eigenvalue weighted by Crippen LogP contribution is -2.17. The fourth-order valence-corrected chi connectivity index (χ4v) is 3.51. The molecule has 4 rings (SSSR count). The van der Waals surface area contributed by atoms with Crippen molar-refractivity contribution in [1.82, 2.24) is 0 Å². The van der Waals surface area contributed by atoms with Gasteiger partial charge < -0.3 is 8.83 Å². The summed E-state index contributed by atoms with van der Waals surface area (Å²) >= 11 is 0. The molecule has 0 bridgehead atoms. The summed E-state index contributed by atoms with van der Waals surface area (Å²) in [5, 5.41) is 0.665. The van der Waals surface area contributed by atoms with Gasteiger partial charge in [0, 0.05) is 5.56 Å². The van der Waals surface area contributed by atoms with Crippen molar-refractivity contribution in [2.45, 2.75) is 38.0 Å². The maximum absolute atomic E-state index is 13.0. The smallest absolute Gasteiger partial charge is 0.196 e. The van der Waals surface area contributed by atoms with Crippen LogP contribution in [0.15, 0.2) is 56.3 Å². The van der Waals surface area contributed by atoms with Crippen LogP contribution in [-0.2, 0) is 0 Å². The molecule has 1 aromatic carbocycles. The second-order valence-corrected chi connectivity index (χ2v) is 5.98. The summed E-state index contributed by atoms with van der Waals surface area (Å²) < 4.78 is 11.6. The lowest BCUT2D eigenvalue weighted by atomic mass is 9.82.